The van der Waals surface area contributed by atoms with Gasteiger partial charge in [-0.3, -0.25) is 9.69 Å². The smallest absolute Gasteiger partial charge is 0.411 e. The number of benzene rings is 2. The molecule has 11 heteroatoms. The van der Waals surface area contributed by atoms with Crippen molar-refractivity contribution in [3.8, 4) is 22.8 Å². The molecule has 1 aromatic heterocycles. The first-order valence-corrected chi connectivity index (χ1v) is 13.6. The monoisotopic (exact) mass is 588 g/mol. The number of halogens is 2. The lowest BCUT2D eigenvalue weighted by Gasteiger charge is -2.36. The number of amides is 1. The van der Waals surface area contributed by atoms with Crippen LogP contribution in [-0.2, 0) is 29.7 Å². The number of nitrogens with zero attached hydrogens (tertiary/aromatic N) is 3. The molecule has 0 saturated heterocycles. The summed E-state index contributed by atoms with van der Waals surface area (Å²) in [6.45, 7) is 13.0. The fourth-order valence-corrected chi connectivity index (χ4v) is 4.10. The Kier molecular flexibility index (Phi) is 9.71. The molecule has 0 unspecified atom stereocenters. The summed E-state index contributed by atoms with van der Waals surface area (Å²) >= 11 is 6.06. The molecule has 0 fully saturated rings. The maximum atomic E-state index is 14.7. The molecular weight excluding hydrogens is 551 g/mol. The van der Waals surface area contributed by atoms with Crippen molar-refractivity contribution >= 4 is 23.7 Å². The topological polar surface area (TPSA) is 106 Å². The second-order valence-corrected chi connectivity index (χ2v) is 12.2. The Bertz CT molecular complexity index is 1390. The molecule has 0 radical (unpaired) electrons. The van der Waals surface area contributed by atoms with Gasteiger partial charge in [-0.05, 0) is 84.9 Å². The Hall–Kier alpha value is -3.63. The Morgan fingerprint density at radius 1 is 1.15 bits per heavy atom. The highest BCUT2D eigenvalue weighted by molar-refractivity contribution is 6.30. The Morgan fingerprint density at radius 2 is 1.78 bits per heavy atom. The van der Waals surface area contributed by atoms with Crippen LogP contribution in [0, 0.1) is 5.82 Å². The van der Waals surface area contributed by atoms with Crippen LogP contribution >= 0.6 is 11.6 Å². The molecule has 41 heavy (non-hydrogen) atoms. The number of hydrogen-bond donors (Lipinski definition) is 2. The first-order valence-electron chi connectivity index (χ1n) is 13.2. The number of carbonyl (C=O) groups excluding carboxylic acids is 1. The molecule has 0 aliphatic heterocycles. The van der Waals surface area contributed by atoms with Crippen molar-refractivity contribution < 1.29 is 28.6 Å². The first kappa shape index (κ1) is 31.9. The van der Waals surface area contributed by atoms with Crippen molar-refractivity contribution in [2.24, 2.45) is 7.05 Å². The summed E-state index contributed by atoms with van der Waals surface area (Å²) < 4.78 is 28.2. The average Bonchev–Trinajstić information content (AvgIpc) is 3.20. The molecule has 0 bridgehead atoms. The van der Waals surface area contributed by atoms with Crippen molar-refractivity contribution in [3.05, 3.63) is 64.8 Å². The molecule has 1 heterocycles. The highest BCUT2D eigenvalue weighted by atomic mass is 35.5. The number of aliphatic carboxylic acids is 1. The van der Waals surface area contributed by atoms with E-state index in [-0.39, 0.29) is 29.4 Å². The second kappa shape index (κ2) is 12.5. The molecule has 3 aromatic rings. The molecule has 1 atom stereocenters. The maximum absolute atomic E-state index is 14.7. The van der Waals surface area contributed by atoms with Gasteiger partial charge in [-0.25, -0.2) is 14.2 Å². The summed E-state index contributed by atoms with van der Waals surface area (Å²) in [5.74, 6) is -0.350. The molecule has 0 saturated carbocycles. The van der Waals surface area contributed by atoms with Gasteiger partial charge in [-0.2, -0.15) is 0 Å². The van der Waals surface area contributed by atoms with Crippen molar-refractivity contribution in [3.63, 3.8) is 0 Å². The third kappa shape index (κ3) is 8.43. The molecule has 222 valence electrons. The average molecular weight is 589 g/mol. The van der Waals surface area contributed by atoms with E-state index in [0.29, 0.717) is 11.6 Å². The van der Waals surface area contributed by atoms with Gasteiger partial charge < -0.3 is 24.5 Å². The van der Waals surface area contributed by atoms with Crippen LogP contribution in [0.1, 0.15) is 59.9 Å². The van der Waals surface area contributed by atoms with Crippen LogP contribution in [0.3, 0.4) is 0 Å². The van der Waals surface area contributed by atoms with Gasteiger partial charge in [0.05, 0.1) is 18.4 Å². The van der Waals surface area contributed by atoms with Crippen molar-refractivity contribution in [1.29, 1.82) is 0 Å². The van der Waals surface area contributed by atoms with Crippen molar-refractivity contribution in [2.75, 3.05) is 0 Å². The summed E-state index contributed by atoms with van der Waals surface area (Å²) in [5.41, 5.74) is 0.727. The van der Waals surface area contributed by atoms with Gasteiger partial charge in [0.2, 0.25) is 0 Å². The number of rotatable bonds is 9. The van der Waals surface area contributed by atoms with Crippen molar-refractivity contribution in [2.45, 2.75) is 78.7 Å². The Balaban J connectivity index is 1.81. The Labute approximate surface area is 245 Å². The van der Waals surface area contributed by atoms with Crippen LogP contribution in [0.25, 0.3) is 11.3 Å². The van der Waals surface area contributed by atoms with Gasteiger partial charge in [0, 0.05) is 35.3 Å². The summed E-state index contributed by atoms with van der Waals surface area (Å²) in [5, 5.41) is 12.0. The molecule has 2 aromatic carbocycles. The molecule has 2 N–H and O–H groups in total. The van der Waals surface area contributed by atoms with Crippen molar-refractivity contribution in [1.82, 2.24) is 19.8 Å². The van der Waals surface area contributed by atoms with Gasteiger partial charge in [-0.1, -0.05) is 11.6 Å². The lowest BCUT2D eigenvalue weighted by Crippen LogP contribution is -2.47. The zero-order valence-electron chi connectivity index (χ0n) is 24.7. The minimum Gasteiger partial charge on any atom is -0.480 e. The van der Waals surface area contributed by atoms with E-state index < -0.39 is 35.1 Å². The maximum Gasteiger partial charge on any atom is 0.411 e. The van der Waals surface area contributed by atoms with E-state index in [1.165, 1.54) is 13.0 Å². The van der Waals surface area contributed by atoms with Crippen LogP contribution in [-0.4, -0.2) is 48.8 Å². The predicted molar refractivity (Wildman–Crippen MR) is 156 cm³/mol. The van der Waals surface area contributed by atoms with Crippen LogP contribution in [0.5, 0.6) is 11.5 Å². The standard InChI is InChI=1S/C30H38ClFN4O5/c1-18(27(37)38)33-15-22-23(32)13-20(31)14-25(22)40-21-11-9-19(10-12-21)24-16-34-26(35(24)8)17-36(29(2,3)4)28(39)41-30(5,6)7/h9-14,16,18,33H,15,17H2,1-8H3,(H,37,38)/t18-/m0/s1. The van der Waals surface area contributed by atoms with E-state index in [1.807, 2.05) is 65.3 Å². The first-order chi connectivity index (χ1) is 19.0. The van der Waals surface area contributed by atoms with Gasteiger partial charge in [0.1, 0.15) is 34.8 Å². The minimum absolute atomic E-state index is 0.0590. The van der Waals surface area contributed by atoms with Gasteiger partial charge >= 0.3 is 12.1 Å². The number of imidazole rings is 1. The van der Waals surface area contributed by atoms with Gasteiger partial charge in [0.15, 0.2) is 0 Å². The Morgan fingerprint density at radius 3 is 2.34 bits per heavy atom. The number of nitrogens with one attached hydrogen (secondary N) is 1. The zero-order valence-corrected chi connectivity index (χ0v) is 25.5. The number of carboxylic acid groups (broad SMARTS) is 1. The van der Waals surface area contributed by atoms with E-state index in [4.69, 9.17) is 26.2 Å². The number of carboxylic acids is 1. The lowest BCUT2D eigenvalue weighted by molar-refractivity contribution is -0.139. The largest absolute Gasteiger partial charge is 0.480 e. The van der Waals surface area contributed by atoms with E-state index in [0.717, 1.165) is 17.3 Å². The van der Waals surface area contributed by atoms with Gasteiger partial charge in [0.25, 0.3) is 0 Å². The fraction of sp³-hybridized carbons (Fsp3) is 0.433. The molecule has 3 rings (SSSR count). The van der Waals surface area contributed by atoms with Crippen LogP contribution in [0.2, 0.25) is 5.02 Å². The zero-order chi connectivity index (χ0) is 30.7. The SMILES string of the molecule is C[C@H](NCc1c(F)cc(Cl)cc1Oc1ccc(-c2cnc(CN(C(=O)OC(C)(C)C)C(C)(C)C)n2C)cc1)C(=O)O. The molecule has 9 nitrogen and oxygen atoms in total. The van der Waals surface area contributed by atoms with E-state index in [1.54, 1.807) is 23.2 Å². The van der Waals surface area contributed by atoms with E-state index in [9.17, 15) is 14.0 Å². The lowest BCUT2D eigenvalue weighted by atomic mass is 10.1. The van der Waals surface area contributed by atoms with Gasteiger partial charge in [-0.15, -0.1) is 0 Å². The highest BCUT2D eigenvalue weighted by Gasteiger charge is 2.32. The number of carbonyl (C=O) groups is 2. The van der Waals surface area contributed by atoms with Crippen LogP contribution in [0.4, 0.5) is 9.18 Å². The van der Waals surface area contributed by atoms with Crippen LogP contribution < -0.4 is 10.1 Å². The fourth-order valence-electron chi connectivity index (χ4n) is 3.90. The molecule has 0 spiro atoms. The van der Waals surface area contributed by atoms with E-state index >= 15 is 0 Å². The normalized spacial score (nSPS) is 12.6. The van der Waals surface area contributed by atoms with E-state index in [2.05, 4.69) is 10.3 Å². The number of hydrogen-bond acceptors (Lipinski definition) is 6. The second-order valence-electron chi connectivity index (χ2n) is 11.8. The third-order valence-corrected chi connectivity index (χ3v) is 6.48. The molecule has 0 aliphatic carbocycles. The molecule has 0 aliphatic rings. The summed E-state index contributed by atoms with van der Waals surface area (Å²) in [4.78, 5) is 30.3. The molecule has 1 amide bonds. The number of ether oxygens (including phenoxy) is 2. The molecular formula is C30H38ClFN4O5. The quantitative estimate of drug-likeness (QED) is 0.284. The predicted octanol–water partition coefficient (Wildman–Crippen LogP) is 6.77. The summed E-state index contributed by atoms with van der Waals surface area (Å²) in [6.07, 6.45) is 1.32. The van der Waals surface area contributed by atoms with Crippen LogP contribution in [0.15, 0.2) is 42.6 Å². The summed E-state index contributed by atoms with van der Waals surface area (Å²) in [6, 6.07) is 8.93. The minimum atomic E-state index is -1.05. The number of aromatic nitrogens is 2. The highest BCUT2D eigenvalue weighted by Crippen LogP contribution is 2.32. The third-order valence-electron chi connectivity index (χ3n) is 6.26. The summed E-state index contributed by atoms with van der Waals surface area (Å²) in [7, 11) is 1.88.